The average molecular weight is 298 g/mol. The van der Waals surface area contributed by atoms with Crippen LogP contribution in [0.4, 0.5) is 0 Å². The standard InChI is InChI=1S/C14H22N2O5/c1-4-15(11-7-21-6-9(11)14(19)20)10-5-12(17)16(8(2)3)13(10)18/h8-11H,4-7H2,1-3H3,(H,19,20). The predicted molar refractivity (Wildman–Crippen MR) is 73.5 cm³/mol. The van der Waals surface area contributed by atoms with Crippen LogP contribution < -0.4 is 0 Å². The highest BCUT2D eigenvalue weighted by Crippen LogP contribution is 2.28. The Morgan fingerprint density at radius 1 is 1.43 bits per heavy atom. The predicted octanol–water partition coefficient (Wildman–Crippen LogP) is -0.0562. The van der Waals surface area contributed by atoms with Crippen molar-refractivity contribution in [3.05, 3.63) is 0 Å². The van der Waals surface area contributed by atoms with E-state index in [-0.39, 0.29) is 43.5 Å². The van der Waals surface area contributed by atoms with Crippen LogP contribution in [0, 0.1) is 5.92 Å². The largest absolute Gasteiger partial charge is 0.481 e. The smallest absolute Gasteiger partial charge is 0.310 e. The van der Waals surface area contributed by atoms with Crippen molar-refractivity contribution in [3.8, 4) is 0 Å². The number of hydrogen-bond acceptors (Lipinski definition) is 5. The molecular weight excluding hydrogens is 276 g/mol. The lowest BCUT2D eigenvalue weighted by molar-refractivity contribution is -0.146. The molecule has 2 saturated heterocycles. The molecule has 2 aliphatic heterocycles. The topological polar surface area (TPSA) is 87.2 Å². The zero-order chi connectivity index (χ0) is 15.7. The van der Waals surface area contributed by atoms with Gasteiger partial charge in [-0.1, -0.05) is 6.92 Å². The summed E-state index contributed by atoms with van der Waals surface area (Å²) in [6, 6.07) is -1.11. The Balaban J connectivity index is 2.20. The molecule has 2 heterocycles. The van der Waals surface area contributed by atoms with E-state index >= 15 is 0 Å². The Morgan fingerprint density at radius 2 is 2.10 bits per heavy atom. The number of likely N-dealkylation sites (N-methyl/N-ethyl adjacent to an activating group) is 1. The van der Waals surface area contributed by atoms with Gasteiger partial charge in [0.25, 0.3) is 0 Å². The molecule has 2 amide bonds. The Morgan fingerprint density at radius 3 is 2.57 bits per heavy atom. The number of carbonyl (C=O) groups is 3. The van der Waals surface area contributed by atoms with Gasteiger partial charge in [0.05, 0.1) is 31.6 Å². The van der Waals surface area contributed by atoms with E-state index in [1.165, 1.54) is 4.90 Å². The molecule has 0 aliphatic carbocycles. The third-order valence-corrected chi connectivity index (χ3v) is 4.23. The fourth-order valence-corrected chi connectivity index (χ4v) is 3.23. The normalized spacial score (nSPS) is 30.0. The number of imide groups is 1. The molecule has 1 N–H and O–H groups in total. The molecular formula is C14H22N2O5. The van der Waals surface area contributed by atoms with Crippen LogP contribution in [0.1, 0.15) is 27.2 Å². The van der Waals surface area contributed by atoms with Crippen LogP contribution in [0.2, 0.25) is 0 Å². The lowest BCUT2D eigenvalue weighted by atomic mass is 10.00. The minimum Gasteiger partial charge on any atom is -0.481 e. The maximum Gasteiger partial charge on any atom is 0.310 e. The highest BCUT2D eigenvalue weighted by Gasteiger charge is 2.48. The van der Waals surface area contributed by atoms with Gasteiger partial charge in [-0.15, -0.1) is 0 Å². The number of nitrogens with zero attached hydrogens (tertiary/aromatic N) is 2. The van der Waals surface area contributed by atoms with Crippen molar-refractivity contribution < 1.29 is 24.2 Å². The fraction of sp³-hybridized carbons (Fsp3) is 0.786. The Kier molecular flexibility index (Phi) is 4.63. The molecule has 0 aromatic rings. The first-order valence-electron chi connectivity index (χ1n) is 7.30. The number of rotatable bonds is 5. The molecule has 0 spiro atoms. The highest BCUT2D eigenvalue weighted by molar-refractivity contribution is 6.05. The summed E-state index contributed by atoms with van der Waals surface area (Å²) in [5, 5.41) is 9.26. The molecule has 0 radical (unpaired) electrons. The number of aliphatic carboxylic acids is 1. The number of ether oxygens (including phenoxy) is 1. The first-order chi connectivity index (χ1) is 9.88. The van der Waals surface area contributed by atoms with Gasteiger partial charge in [0.2, 0.25) is 11.8 Å². The second-order valence-corrected chi connectivity index (χ2v) is 5.80. The summed E-state index contributed by atoms with van der Waals surface area (Å²) in [5.41, 5.74) is 0. The van der Waals surface area contributed by atoms with Gasteiger partial charge >= 0.3 is 5.97 Å². The zero-order valence-corrected chi connectivity index (χ0v) is 12.6. The van der Waals surface area contributed by atoms with Crippen molar-refractivity contribution in [2.75, 3.05) is 19.8 Å². The van der Waals surface area contributed by atoms with Gasteiger partial charge in [-0.3, -0.25) is 24.2 Å². The second kappa shape index (κ2) is 6.11. The molecule has 7 nitrogen and oxygen atoms in total. The molecule has 2 fully saturated rings. The van der Waals surface area contributed by atoms with Crippen molar-refractivity contribution in [1.29, 1.82) is 0 Å². The van der Waals surface area contributed by atoms with Gasteiger partial charge in [0.1, 0.15) is 0 Å². The van der Waals surface area contributed by atoms with E-state index in [9.17, 15) is 19.5 Å². The maximum absolute atomic E-state index is 12.5. The van der Waals surface area contributed by atoms with Gasteiger partial charge in [-0.05, 0) is 20.4 Å². The summed E-state index contributed by atoms with van der Waals surface area (Å²) >= 11 is 0. The molecule has 0 aromatic carbocycles. The quantitative estimate of drug-likeness (QED) is 0.716. The summed E-state index contributed by atoms with van der Waals surface area (Å²) in [4.78, 5) is 38.9. The van der Waals surface area contributed by atoms with Gasteiger partial charge in [0.15, 0.2) is 0 Å². The van der Waals surface area contributed by atoms with Gasteiger partial charge in [0, 0.05) is 12.1 Å². The van der Waals surface area contributed by atoms with Crippen molar-refractivity contribution in [2.45, 2.75) is 45.3 Å². The van der Waals surface area contributed by atoms with Crippen LogP contribution >= 0.6 is 0 Å². The Labute approximate surface area is 123 Å². The van der Waals surface area contributed by atoms with Crippen LogP contribution in [-0.4, -0.2) is 70.6 Å². The number of amides is 2. The molecule has 2 aliphatic rings. The highest BCUT2D eigenvalue weighted by atomic mass is 16.5. The number of carboxylic acids is 1. The SMILES string of the molecule is CCN(C1CC(=O)N(C(C)C)C1=O)C1COCC1C(=O)O. The Hall–Kier alpha value is -1.47. The van der Waals surface area contributed by atoms with Crippen molar-refractivity contribution >= 4 is 17.8 Å². The van der Waals surface area contributed by atoms with E-state index < -0.39 is 17.9 Å². The van der Waals surface area contributed by atoms with Gasteiger partial charge < -0.3 is 9.84 Å². The molecule has 0 aromatic heterocycles. The van der Waals surface area contributed by atoms with Crippen molar-refractivity contribution in [2.24, 2.45) is 5.92 Å². The summed E-state index contributed by atoms with van der Waals surface area (Å²) < 4.78 is 5.28. The molecule has 118 valence electrons. The van der Waals surface area contributed by atoms with E-state index in [4.69, 9.17) is 4.74 Å². The van der Waals surface area contributed by atoms with Crippen molar-refractivity contribution in [3.63, 3.8) is 0 Å². The Bertz CT molecular complexity index is 451. The molecule has 21 heavy (non-hydrogen) atoms. The number of likely N-dealkylation sites (tertiary alicyclic amines) is 1. The zero-order valence-electron chi connectivity index (χ0n) is 12.6. The van der Waals surface area contributed by atoms with Crippen LogP contribution in [-0.2, 0) is 19.1 Å². The first kappa shape index (κ1) is 15.9. The van der Waals surface area contributed by atoms with Crippen molar-refractivity contribution in [1.82, 2.24) is 9.80 Å². The minimum absolute atomic E-state index is 0.119. The van der Waals surface area contributed by atoms with E-state index in [2.05, 4.69) is 0 Å². The molecule has 3 unspecified atom stereocenters. The fourth-order valence-electron chi connectivity index (χ4n) is 3.23. The van der Waals surface area contributed by atoms with E-state index in [1.807, 2.05) is 11.8 Å². The van der Waals surface area contributed by atoms with Crippen LogP contribution in [0.25, 0.3) is 0 Å². The summed E-state index contributed by atoms with van der Waals surface area (Å²) in [7, 11) is 0. The first-order valence-corrected chi connectivity index (χ1v) is 7.30. The summed E-state index contributed by atoms with van der Waals surface area (Å²) in [6.45, 7) is 6.41. The lowest BCUT2D eigenvalue weighted by Crippen LogP contribution is -2.52. The third-order valence-electron chi connectivity index (χ3n) is 4.23. The summed E-state index contributed by atoms with van der Waals surface area (Å²) in [6.07, 6.45) is 0.119. The number of carbonyl (C=O) groups excluding carboxylic acids is 2. The maximum atomic E-state index is 12.5. The third kappa shape index (κ3) is 2.80. The molecule has 3 atom stereocenters. The van der Waals surface area contributed by atoms with Crippen LogP contribution in [0.3, 0.4) is 0 Å². The summed E-state index contributed by atoms with van der Waals surface area (Å²) in [5.74, 6) is -1.99. The number of carboxylic acid groups (broad SMARTS) is 1. The molecule has 0 bridgehead atoms. The monoisotopic (exact) mass is 298 g/mol. The van der Waals surface area contributed by atoms with Gasteiger partial charge in [-0.25, -0.2) is 0 Å². The van der Waals surface area contributed by atoms with Gasteiger partial charge in [-0.2, -0.15) is 0 Å². The molecule has 0 saturated carbocycles. The second-order valence-electron chi connectivity index (χ2n) is 5.80. The minimum atomic E-state index is -0.923. The molecule has 7 heteroatoms. The van der Waals surface area contributed by atoms with Crippen LogP contribution in [0.15, 0.2) is 0 Å². The lowest BCUT2D eigenvalue weighted by Gasteiger charge is -2.33. The molecule has 2 rings (SSSR count). The van der Waals surface area contributed by atoms with E-state index in [1.54, 1.807) is 13.8 Å². The van der Waals surface area contributed by atoms with Crippen LogP contribution in [0.5, 0.6) is 0 Å². The average Bonchev–Trinajstić information content (AvgIpc) is 2.97. The number of hydrogen-bond donors (Lipinski definition) is 1. The van der Waals surface area contributed by atoms with E-state index in [0.717, 1.165) is 0 Å². The van der Waals surface area contributed by atoms with E-state index in [0.29, 0.717) is 6.54 Å².